The molecule has 15 heteroatoms. The Bertz CT molecular complexity index is 1280. The van der Waals surface area contributed by atoms with Crippen LogP contribution in [0.2, 0.25) is 0 Å². The first kappa shape index (κ1) is 36.9. The van der Waals surface area contributed by atoms with E-state index in [9.17, 15) is 23.1 Å². The van der Waals surface area contributed by atoms with Gasteiger partial charge in [0.15, 0.2) is 11.6 Å². The van der Waals surface area contributed by atoms with E-state index < -0.39 is 45.7 Å². The highest BCUT2D eigenvalue weighted by Crippen LogP contribution is 2.25. The molecule has 0 fully saturated rings. The number of ether oxygens (including phenoxy) is 2. The SMILES string of the molecule is CC(O)c1cc(NC(=O)OC(C)(C)C)nn1C(C)C.CC(OS(C)(=O)=O)c1cc(NC(=O)OC(C)(C)C)nn1C(C)C. The van der Waals surface area contributed by atoms with E-state index in [0.29, 0.717) is 17.2 Å². The number of rotatable bonds is 8. The van der Waals surface area contributed by atoms with Gasteiger partial charge in [-0.25, -0.2) is 9.59 Å². The van der Waals surface area contributed by atoms with Crippen LogP contribution in [0.1, 0.15) is 119 Å². The van der Waals surface area contributed by atoms with Gasteiger partial charge in [0, 0.05) is 24.2 Å². The van der Waals surface area contributed by atoms with Gasteiger partial charge in [-0.05, 0) is 83.1 Å². The molecule has 0 radical (unpaired) electrons. The molecule has 3 N–H and O–H groups in total. The summed E-state index contributed by atoms with van der Waals surface area (Å²) < 4.78 is 41.2. The van der Waals surface area contributed by atoms with E-state index in [0.717, 1.165) is 6.26 Å². The van der Waals surface area contributed by atoms with E-state index >= 15 is 0 Å². The lowest BCUT2D eigenvalue weighted by atomic mass is 10.2. The average molecular weight is 617 g/mol. The first-order valence-corrected chi connectivity index (χ1v) is 15.5. The van der Waals surface area contributed by atoms with Gasteiger partial charge < -0.3 is 14.6 Å². The van der Waals surface area contributed by atoms with Crippen molar-refractivity contribution >= 4 is 33.9 Å². The number of nitrogens with zero attached hydrogens (tertiary/aromatic N) is 4. The van der Waals surface area contributed by atoms with Gasteiger partial charge in [0.2, 0.25) is 0 Å². The molecule has 0 saturated carbocycles. The van der Waals surface area contributed by atoms with Crippen LogP contribution in [0, 0.1) is 0 Å². The molecule has 0 bridgehead atoms. The van der Waals surface area contributed by atoms with Crippen molar-refractivity contribution in [2.75, 3.05) is 16.9 Å². The van der Waals surface area contributed by atoms with Gasteiger partial charge in [0.25, 0.3) is 10.1 Å². The second kappa shape index (κ2) is 14.3. The minimum Gasteiger partial charge on any atom is -0.444 e. The zero-order chi connectivity index (χ0) is 32.8. The monoisotopic (exact) mass is 616 g/mol. The van der Waals surface area contributed by atoms with Crippen LogP contribution < -0.4 is 10.6 Å². The standard InChI is InChI=1S/C14H25N3O5S.C13H23N3O3/c1-9(2)17-11(10(3)22-23(7,19)20)8-12(16-17)15-13(18)21-14(4,5)6;1-8(2)16-10(9(3)17)7-11(15-16)14-12(18)19-13(4,5)6/h8-10H,1-7H3,(H,15,16,18);7-9,17H,1-6H3,(H,14,15,18). The number of aromatic nitrogens is 4. The second-order valence-electron chi connectivity index (χ2n) is 12.4. The van der Waals surface area contributed by atoms with Crippen molar-refractivity contribution in [3.8, 4) is 0 Å². The quantitative estimate of drug-likeness (QED) is 0.311. The summed E-state index contributed by atoms with van der Waals surface area (Å²) in [4.78, 5) is 23.5. The fourth-order valence-electron chi connectivity index (χ4n) is 3.51. The summed E-state index contributed by atoms with van der Waals surface area (Å²) in [5, 5.41) is 23.3. The lowest BCUT2D eigenvalue weighted by molar-refractivity contribution is 0.0623. The molecule has 2 rings (SSSR count). The molecule has 0 spiro atoms. The van der Waals surface area contributed by atoms with Crippen molar-refractivity contribution in [1.29, 1.82) is 0 Å². The Hall–Kier alpha value is -3.17. The third-order valence-corrected chi connectivity index (χ3v) is 5.57. The number of hydrogen-bond acceptors (Lipinski definition) is 10. The molecule has 2 amide bonds. The molecule has 0 aromatic carbocycles. The Labute approximate surface area is 249 Å². The van der Waals surface area contributed by atoms with Gasteiger partial charge in [-0.3, -0.25) is 24.2 Å². The fourth-order valence-corrected chi connectivity index (χ4v) is 4.13. The molecule has 0 aliphatic carbocycles. The highest BCUT2D eigenvalue weighted by molar-refractivity contribution is 7.86. The average Bonchev–Trinajstić information content (AvgIpc) is 3.35. The summed E-state index contributed by atoms with van der Waals surface area (Å²) in [6.07, 6.45) is -1.58. The summed E-state index contributed by atoms with van der Waals surface area (Å²) in [5.74, 6) is 0.644. The van der Waals surface area contributed by atoms with Crippen molar-refractivity contribution in [3.05, 3.63) is 23.5 Å². The summed E-state index contributed by atoms with van der Waals surface area (Å²) in [7, 11) is -3.60. The lowest BCUT2D eigenvalue weighted by Crippen LogP contribution is -2.27. The molecule has 0 saturated heterocycles. The molecule has 0 aliphatic rings. The Morgan fingerprint density at radius 3 is 1.43 bits per heavy atom. The minimum atomic E-state index is -3.60. The Morgan fingerprint density at radius 2 is 1.14 bits per heavy atom. The number of amides is 2. The van der Waals surface area contributed by atoms with Crippen molar-refractivity contribution < 1.29 is 36.8 Å². The molecule has 0 aliphatic heterocycles. The molecule has 2 atom stereocenters. The van der Waals surface area contributed by atoms with Crippen LogP contribution in [-0.2, 0) is 23.8 Å². The lowest BCUT2D eigenvalue weighted by Gasteiger charge is -2.19. The molecule has 240 valence electrons. The van der Waals surface area contributed by atoms with E-state index in [-0.39, 0.29) is 17.9 Å². The predicted octanol–water partition coefficient (Wildman–Crippen LogP) is 5.71. The number of anilines is 2. The highest BCUT2D eigenvalue weighted by Gasteiger charge is 2.23. The van der Waals surface area contributed by atoms with Crippen LogP contribution in [0.15, 0.2) is 12.1 Å². The third kappa shape index (κ3) is 13.2. The van der Waals surface area contributed by atoms with Crippen LogP contribution >= 0.6 is 0 Å². The van der Waals surface area contributed by atoms with E-state index in [1.807, 2.05) is 27.7 Å². The van der Waals surface area contributed by atoms with Crippen LogP contribution in [0.3, 0.4) is 0 Å². The minimum absolute atomic E-state index is 0.0372. The number of aliphatic hydroxyl groups excluding tert-OH is 1. The maximum absolute atomic E-state index is 11.8. The van der Waals surface area contributed by atoms with Crippen LogP contribution in [0.25, 0.3) is 0 Å². The predicted molar refractivity (Wildman–Crippen MR) is 160 cm³/mol. The number of nitrogens with one attached hydrogen (secondary N) is 2. The highest BCUT2D eigenvalue weighted by atomic mass is 32.2. The van der Waals surface area contributed by atoms with Gasteiger partial charge >= 0.3 is 12.2 Å². The van der Waals surface area contributed by atoms with E-state index in [1.165, 1.54) is 0 Å². The molecule has 2 heterocycles. The summed E-state index contributed by atoms with van der Waals surface area (Å²) in [6, 6.07) is 3.28. The van der Waals surface area contributed by atoms with Crippen molar-refractivity contribution in [1.82, 2.24) is 19.6 Å². The largest absolute Gasteiger partial charge is 0.444 e. The van der Waals surface area contributed by atoms with Gasteiger partial charge in [-0.2, -0.15) is 18.6 Å². The third-order valence-electron chi connectivity index (χ3n) is 4.93. The molecule has 14 nitrogen and oxygen atoms in total. The van der Waals surface area contributed by atoms with Crippen molar-refractivity contribution in [3.63, 3.8) is 0 Å². The topological polar surface area (TPSA) is 176 Å². The number of aliphatic hydroxyl groups is 1. The van der Waals surface area contributed by atoms with E-state index in [4.69, 9.17) is 13.7 Å². The van der Waals surface area contributed by atoms with E-state index in [1.54, 1.807) is 76.9 Å². The molecule has 2 aromatic heterocycles. The Balaban J connectivity index is 0.000000428. The van der Waals surface area contributed by atoms with Gasteiger partial charge in [-0.15, -0.1) is 0 Å². The van der Waals surface area contributed by atoms with Gasteiger partial charge in [0.1, 0.15) is 17.3 Å². The van der Waals surface area contributed by atoms with Crippen LogP contribution in [-0.4, -0.2) is 62.7 Å². The molecule has 2 aromatic rings. The summed E-state index contributed by atoms with van der Waals surface area (Å²) >= 11 is 0. The van der Waals surface area contributed by atoms with Gasteiger partial charge in [0.05, 0.1) is 23.7 Å². The van der Waals surface area contributed by atoms with E-state index in [2.05, 4.69) is 20.8 Å². The normalized spacial score (nSPS) is 13.7. The van der Waals surface area contributed by atoms with Crippen LogP contribution in [0.5, 0.6) is 0 Å². The van der Waals surface area contributed by atoms with Crippen molar-refractivity contribution in [2.45, 2.75) is 119 Å². The first-order valence-electron chi connectivity index (χ1n) is 13.6. The molecule has 2 unspecified atom stereocenters. The van der Waals surface area contributed by atoms with Crippen LogP contribution in [0.4, 0.5) is 21.2 Å². The van der Waals surface area contributed by atoms with Crippen molar-refractivity contribution in [2.24, 2.45) is 0 Å². The fraction of sp³-hybridized carbons (Fsp3) is 0.704. The molecular formula is C27H48N6O8S. The number of carbonyl (C=O) groups is 2. The maximum Gasteiger partial charge on any atom is 0.413 e. The maximum atomic E-state index is 11.8. The second-order valence-corrected chi connectivity index (χ2v) is 14.0. The summed E-state index contributed by atoms with van der Waals surface area (Å²) in [5.41, 5.74) is 0.00964. The number of carbonyl (C=O) groups excluding carboxylic acids is 2. The Kier molecular flexibility index (Phi) is 12.6. The zero-order valence-electron chi connectivity index (χ0n) is 27.0. The Morgan fingerprint density at radius 1 is 0.786 bits per heavy atom. The van der Waals surface area contributed by atoms with Gasteiger partial charge in [-0.1, -0.05) is 0 Å². The first-order chi connectivity index (χ1) is 18.9. The summed E-state index contributed by atoms with van der Waals surface area (Å²) in [6.45, 7) is 21.6. The zero-order valence-corrected chi connectivity index (χ0v) is 27.8. The molecular weight excluding hydrogens is 568 g/mol. The molecule has 42 heavy (non-hydrogen) atoms. The smallest absolute Gasteiger partial charge is 0.413 e. The number of hydrogen-bond donors (Lipinski definition) is 3.